The van der Waals surface area contributed by atoms with Crippen LogP contribution in [0.3, 0.4) is 0 Å². The Balaban J connectivity index is 0.000000741. The Morgan fingerprint density at radius 1 is 1.42 bits per heavy atom. The van der Waals surface area contributed by atoms with Gasteiger partial charge < -0.3 is 9.84 Å². The number of hydrogen-bond donors (Lipinski definition) is 2. The van der Waals surface area contributed by atoms with Crippen LogP contribution < -0.4 is 11.2 Å². The molecule has 108 valence electrons. The number of aromatic nitrogens is 2. The quantitative estimate of drug-likeness (QED) is 0.804. The normalized spacial score (nSPS) is 20.6. The molecule has 2 atom stereocenters. The summed E-state index contributed by atoms with van der Waals surface area (Å²) in [5.41, 5.74) is -0.852. The molecular formula is C13H22N2O4. The summed E-state index contributed by atoms with van der Waals surface area (Å²) >= 11 is 0. The molecule has 1 aromatic rings. The molecule has 1 fully saturated rings. The summed E-state index contributed by atoms with van der Waals surface area (Å²) in [4.78, 5) is 24.5. The monoisotopic (exact) mass is 270 g/mol. The van der Waals surface area contributed by atoms with Crippen LogP contribution in [0.25, 0.3) is 0 Å². The first kappa shape index (κ1) is 17.2. The molecule has 0 bridgehead atoms. The van der Waals surface area contributed by atoms with Crippen molar-refractivity contribution in [2.75, 3.05) is 7.11 Å². The van der Waals surface area contributed by atoms with E-state index in [1.165, 1.54) is 16.8 Å². The highest BCUT2D eigenvalue weighted by Gasteiger charge is 2.29. The van der Waals surface area contributed by atoms with Crippen molar-refractivity contribution in [3.05, 3.63) is 45.4 Å². The summed E-state index contributed by atoms with van der Waals surface area (Å²) in [7, 11) is 1.00. The van der Waals surface area contributed by atoms with E-state index in [9.17, 15) is 9.59 Å². The molecule has 6 heteroatoms. The fraction of sp³-hybridized carbons (Fsp3) is 0.538. The number of rotatable bonds is 1. The molecule has 1 aliphatic rings. The third kappa shape index (κ3) is 4.40. The van der Waals surface area contributed by atoms with Gasteiger partial charge in [0.2, 0.25) is 0 Å². The zero-order valence-corrected chi connectivity index (χ0v) is 11.8. The number of hydrogen-bond acceptors (Lipinski definition) is 4. The number of aliphatic hydroxyl groups is 1. The minimum absolute atomic E-state index is 0.182. The third-order valence-corrected chi connectivity index (χ3v) is 2.45. The van der Waals surface area contributed by atoms with Crippen molar-refractivity contribution in [1.82, 2.24) is 9.55 Å². The molecule has 2 N–H and O–H groups in total. The molecule has 6 nitrogen and oxygen atoms in total. The van der Waals surface area contributed by atoms with E-state index in [1.807, 2.05) is 20.8 Å². The molecule has 2 unspecified atom stereocenters. The van der Waals surface area contributed by atoms with Crippen molar-refractivity contribution < 1.29 is 9.84 Å². The third-order valence-electron chi connectivity index (χ3n) is 2.45. The lowest BCUT2D eigenvalue weighted by molar-refractivity contribution is 0.0665. The van der Waals surface area contributed by atoms with Crippen molar-refractivity contribution >= 4 is 0 Å². The van der Waals surface area contributed by atoms with Crippen LogP contribution in [0.15, 0.2) is 34.2 Å². The molecule has 2 rings (SSSR count). The number of ether oxygens (including phenoxy) is 1. The summed E-state index contributed by atoms with van der Waals surface area (Å²) in [6, 6.07) is 1.30. The van der Waals surface area contributed by atoms with E-state index in [2.05, 4.69) is 11.6 Å². The van der Waals surface area contributed by atoms with Gasteiger partial charge in [0.25, 0.3) is 5.56 Å². The number of nitrogens with zero attached hydrogens (tertiary/aromatic N) is 1. The van der Waals surface area contributed by atoms with Crippen LogP contribution in [0.2, 0.25) is 0 Å². The zero-order chi connectivity index (χ0) is 15.0. The van der Waals surface area contributed by atoms with Gasteiger partial charge in [-0.15, -0.1) is 0 Å². The van der Waals surface area contributed by atoms with Crippen LogP contribution in [0, 0.1) is 5.92 Å². The largest absolute Gasteiger partial charge is 0.475 e. The molecule has 2 heterocycles. The predicted molar refractivity (Wildman–Crippen MR) is 73.9 cm³/mol. The summed E-state index contributed by atoms with van der Waals surface area (Å²) < 4.78 is 6.81. The zero-order valence-electron chi connectivity index (χ0n) is 11.8. The lowest BCUT2D eigenvalue weighted by Gasteiger charge is -2.16. The molecule has 0 radical (unpaired) electrons. The van der Waals surface area contributed by atoms with Gasteiger partial charge in [-0.1, -0.05) is 27.4 Å². The van der Waals surface area contributed by atoms with Crippen molar-refractivity contribution in [2.45, 2.75) is 33.4 Å². The molecule has 1 aromatic heterocycles. The Morgan fingerprint density at radius 3 is 2.42 bits per heavy atom. The Bertz CT molecular complexity index is 504. The molecule has 1 saturated heterocycles. The number of allylic oxidation sites excluding steroid dienone is 1. The molecule has 19 heavy (non-hydrogen) atoms. The fourth-order valence-electron chi connectivity index (χ4n) is 1.75. The molecule has 0 amide bonds. The van der Waals surface area contributed by atoms with Crippen molar-refractivity contribution in [2.24, 2.45) is 5.92 Å². The maximum absolute atomic E-state index is 11.5. The topological polar surface area (TPSA) is 84.3 Å². The SMILES string of the molecule is C=C1CC(C)C(n2ccc(=O)[nH]c2=O)O1.CC.CO. The number of H-pyrrole nitrogens is 1. The minimum Gasteiger partial charge on any atom is -0.475 e. The smallest absolute Gasteiger partial charge is 0.331 e. The summed E-state index contributed by atoms with van der Waals surface area (Å²) in [5, 5.41) is 7.00. The molecule has 0 aliphatic carbocycles. The predicted octanol–water partition coefficient (Wildman–Crippen LogP) is 1.24. The summed E-state index contributed by atoms with van der Waals surface area (Å²) in [6.07, 6.45) is 1.82. The van der Waals surface area contributed by atoms with Gasteiger partial charge >= 0.3 is 5.69 Å². The van der Waals surface area contributed by atoms with E-state index in [1.54, 1.807) is 0 Å². The van der Waals surface area contributed by atoms with Gasteiger partial charge in [-0.05, 0) is 0 Å². The van der Waals surface area contributed by atoms with Crippen molar-refractivity contribution in [3.8, 4) is 0 Å². The van der Waals surface area contributed by atoms with E-state index >= 15 is 0 Å². The Hall–Kier alpha value is -1.82. The average Bonchev–Trinajstić information content (AvgIpc) is 2.73. The van der Waals surface area contributed by atoms with Crippen LogP contribution in [0.4, 0.5) is 0 Å². The van der Waals surface area contributed by atoms with Gasteiger partial charge in [0.05, 0.1) is 5.76 Å². The first-order chi connectivity index (χ1) is 9.08. The molecule has 0 spiro atoms. The maximum atomic E-state index is 11.5. The first-order valence-corrected chi connectivity index (χ1v) is 6.18. The first-order valence-electron chi connectivity index (χ1n) is 6.18. The van der Waals surface area contributed by atoms with Gasteiger partial charge in [0.1, 0.15) is 0 Å². The van der Waals surface area contributed by atoms with E-state index in [4.69, 9.17) is 9.84 Å². The Labute approximate surface area is 112 Å². The van der Waals surface area contributed by atoms with Gasteiger partial charge in [-0.3, -0.25) is 14.3 Å². The summed E-state index contributed by atoms with van der Waals surface area (Å²) in [5.74, 6) is 0.853. The minimum atomic E-state index is -0.450. The maximum Gasteiger partial charge on any atom is 0.331 e. The molecule has 1 aliphatic heterocycles. The van der Waals surface area contributed by atoms with Crippen LogP contribution in [0.1, 0.15) is 33.4 Å². The lowest BCUT2D eigenvalue weighted by Crippen LogP contribution is -2.32. The van der Waals surface area contributed by atoms with Crippen LogP contribution in [-0.2, 0) is 4.74 Å². The molecule has 0 aromatic carbocycles. The fourth-order valence-corrected chi connectivity index (χ4v) is 1.75. The lowest BCUT2D eigenvalue weighted by atomic mass is 10.1. The Morgan fingerprint density at radius 2 is 2.00 bits per heavy atom. The van der Waals surface area contributed by atoms with E-state index in [-0.39, 0.29) is 12.1 Å². The second-order valence-corrected chi connectivity index (χ2v) is 3.75. The second kappa shape index (κ2) is 8.31. The van der Waals surface area contributed by atoms with Gasteiger partial charge in [-0.2, -0.15) is 0 Å². The standard InChI is InChI=1S/C10H12N2O3.C2H6.CH4O/c1-6-5-7(2)15-9(6)12-4-3-8(13)11-10(12)14;2*1-2/h3-4,6,9H,2,5H2,1H3,(H,11,13,14);1-2H3;2H,1H3. The number of aromatic amines is 1. The van der Waals surface area contributed by atoms with Crippen LogP contribution >= 0.6 is 0 Å². The summed E-state index contributed by atoms with van der Waals surface area (Å²) in [6.45, 7) is 9.69. The number of nitrogens with one attached hydrogen (secondary N) is 1. The number of aliphatic hydroxyl groups excluding tert-OH is 1. The molecule has 0 saturated carbocycles. The highest BCUT2D eigenvalue weighted by atomic mass is 16.5. The van der Waals surface area contributed by atoms with Crippen LogP contribution in [-0.4, -0.2) is 21.8 Å². The van der Waals surface area contributed by atoms with Gasteiger partial charge in [0, 0.05) is 31.7 Å². The average molecular weight is 270 g/mol. The van der Waals surface area contributed by atoms with Gasteiger partial charge in [0.15, 0.2) is 6.23 Å². The highest BCUT2D eigenvalue weighted by Crippen LogP contribution is 2.34. The van der Waals surface area contributed by atoms with Crippen LogP contribution in [0.5, 0.6) is 0 Å². The van der Waals surface area contributed by atoms with Gasteiger partial charge in [-0.25, -0.2) is 4.79 Å². The highest BCUT2D eigenvalue weighted by molar-refractivity contribution is 4.96. The van der Waals surface area contributed by atoms with Crippen molar-refractivity contribution in [1.29, 1.82) is 0 Å². The second-order valence-electron chi connectivity index (χ2n) is 3.75. The van der Waals surface area contributed by atoms with E-state index in [0.29, 0.717) is 5.76 Å². The van der Waals surface area contributed by atoms with E-state index in [0.717, 1.165) is 13.5 Å². The Kier molecular flexibility index (Phi) is 7.52. The molecular weight excluding hydrogens is 248 g/mol. The van der Waals surface area contributed by atoms with Crippen molar-refractivity contribution in [3.63, 3.8) is 0 Å². The van der Waals surface area contributed by atoms with E-state index < -0.39 is 11.2 Å².